The fraction of sp³-hybridized carbons (Fsp3) is 0.333. The van der Waals surface area contributed by atoms with Crippen molar-refractivity contribution in [3.63, 3.8) is 0 Å². The number of aryl methyl sites for hydroxylation is 2. The van der Waals surface area contributed by atoms with Gasteiger partial charge in [-0.1, -0.05) is 30.3 Å². The maximum absolute atomic E-state index is 11.8. The SMILES string of the molecule is Cc1nn2c(N3CCS(=O)(=O)CC3)cc(-c3ccccc3)nc2c1C. The minimum atomic E-state index is -2.93. The highest BCUT2D eigenvalue weighted by Gasteiger charge is 2.25. The lowest BCUT2D eigenvalue weighted by Gasteiger charge is -2.29. The number of hydrogen-bond acceptors (Lipinski definition) is 5. The second kappa shape index (κ2) is 5.84. The molecule has 130 valence electrons. The van der Waals surface area contributed by atoms with Gasteiger partial charge in [0.15, 0.2) is 15.5 Å². The van der Waals surface area contributed by atoms with Gasteiger partial charge in [0.1, 0.15) is 5.82 Å². The molecule has 25 heavy (non-hydrogen) atoms. The van der Waals surface area contributed by atoms with Gasteiger partial charge in [-0.15, -0.1) is 0 Å². The molecule has 0 amide bonds. The van der Waals surface area contributed by atoms with Crippen molar-refractivity contribution >= 4 is 21.3 Å². The average Bonchev–Trinajstić information content (AvgIpc) is 2.90. The van der Waals surface area contributed by atoms with Crippen molar-refractivity contribution in [1.82, 2.24) is 14.6 Å². The predicted octanol–water partition coefficient (Wildman–Crippen LogP) is 2.25. The maximum Gasteiger partial charge on any atom is 0.161 e. The Labute approximate surface area is 147 Å². The standard InChI is InChI=1S/C18H20N4O2S/c1-13-14(2)20-22-17(21-8-10-25(23,24)11-9-21)12-16(19-18(13)22)15-6-4-3-5-7-15/h3-7,12H,8-11H2,1-2H3. The second-order valence-electron chi connectivity index (χ2n) is 6.45. The molecule has 6 nitrogen and oxygen atoms in total. The number of nitrogens with zero attached hydrogens (tertiary/aromatic N) is 4. The van der Waals surface area contributed by atoms with Crippen LogP contribution in [0.4, 0.5) is 5.82 Å². The van der Waals surface area contributed by atoms with Gasteiger partial charge < -0.3 is 4.90 Å². The molecule has 1 aliphatic rings. The highest BCUT2D eigenvalue weighted by atomic mass is 32.2. The molecule has 0 unspecified atom stereocenters. The van der Waals surface area contributed by atoms with Gasteiger partial charge >= 0.3 is 0 Å². The molecule has 0 spiro atoms. The minimum absolute atomic E-state index is 0.177. The highest BCUT2D eigenvalue weighted by Crippen LogP contribution is 2.27. The Kier molecular flexibility index (Phi) is 3.76. The lowest BCUT2D eigenvalue weighted by atomic mass is 10.1. The van der Waals surface area contributed by atoms with Crippen molar-refractivity contribution in [2.45, 2.75) is 13.8 Å². The van der Waals surface area contributed by atoms with Crippen LogP contribution in [0.5, 0.6) is 0 Å². The van der Waals surface area contributed by atoms with Gasteiger partial charge in [0.25, 0.3) is 0 Å². The summed E-state index contributed by atoms with van der Waals surface area (Å²) in [5.74, 6) is 1.25. The van der Waals surface area contributed by atoms with E-state index < -0.39 is 9.84 Å². The van der Waals surface area contributed by atoms with Crippen LogP contribution in [0.1, 0.15) is 11.3 Å². The summed E-state index contributed by atoms with van der Waals surface area (Å²) in [6.07, 6.45) is 0. The molecule has 1 fully saturated rings. The summed E-state index contributed by atoms with van der Waals surface area (Å²) in [7, 11) is -2.93. The molecule has 0 N–H and O–H groups in total. The molecule has 3 aromatic rings. The van der Waals surface area contributed by atoms with Gasteiger partial charge in [-0.25, -0.2) is 13.4 Å². The Bertz CT molecular complexity index is 1030. The number of fused-ring (bicyclic) bond motifs is 1. The lowest BCUT2D eigenvalue weighted by Crippen LogP contribution is -2.41. The van der Waals surface area contributed by atoms with Crippen molar-refractivity contribution in [3.8, 4) is 11.3 Å². The van der Waals surface area contributed by atoms with Crippen LogP contribution in [0.3, 0.4) is 0 Å². The van der Waals surface area contributed by atoms with Crippen LogP contribution in [0.2, 0.25) is 0 Å². The molecular formula is C18H20N4O2S. The molecule has 4 rings (SSSR count). The Morgan fingerprint density at radius 3 is 2.40 bits per heavy atom. The van der Waals surface area contributed by atoms with Gasteiger partial charge in [0.2, 0.25) is 0 Å². The monoisotopic (exact) mass is 356 g/mol. The van der Waals surface area contributed by atoms with Crippen LogP contribution in [0, 0.1) is 13.8 Å². The van der Waals surface area contributed by atoms with E-state index in [1.807, 2.05) is 54.8 Å². The number of hydrogen-bond donors (Lipinski definition) is 0. The van der Waals surface area contributed by atoms with E-state index in [-0.39, 0.29) is 11.5 Å². The zero-order valence-electron chi connectivity index (χ0n) is 14.3. The van der Waals surface area contributed by atoms with Gasteiger partial charge in [0.05, 0.1) is 22.9 Å². The van der Waals surface area contributed by atoms with E-state index in [0.29, 0.717) is 13.1 Å². The minimum Gasteiger partial charge on any atom is -0.354 e. The second-order valence-corrected chi connectivity index (χ2v) is 8.75. The van der Waals surface area contributed by atoms with Crippen LogP contribution < -0.4 is 4.90 Å². The third-order valence-corrected chi connectivity index (χ3v) is 6.39. The molecular weight excluding hydrogens is 336 g/mol. The summed E-state index contributed by atoms with van der Waals surface area (Å²) in [5, 5.41) is 4.62. The quantitative estimate of drug-likeness (QED) is 0.704. The molecule has 7 heteroatoms. The molecule has 0 radical (unpaired) electrons. The Morgan fingerprint density at radius 2 is 1.72 bits per heavy atom. The summed E-state index contributed by atoms with van der Waals surface area (Å²) in [5.41, 5.74) is 4.71. The molecule has 1 aliphatic heterocycles. The van der Waals surface area contributed by atoms with Crippen LogP contribution >= 0.6 is 0 Å². The van der Waals surface area contributed by atoms with Crippen LogP contribution in [-0.4, -0.2) is 47.6 Å². The van der Waals surface area contributed by atoms with Crippen molar-refractivity contribution in [3.05, 3.63) is 47.7 Å². The number of rotatable bonds is 2. The van der Waals surface area contributed by atoms with Crippen molar-refractivity contribution < 1.29 is 8.42 Å². The fourth-order valence-corrected chi connectivity index (χ4v) is 4.34. The van der Waals surface area contributed by atoms with E-state index in [1.165, 1.54) is 0 Å². The first kappa shape index (κ1) is 16.1. The summed E-state index contributed by atoms with van der Waals surface area (Å²) in [6, 6.07) is 12.0. The Balaban J connectivity index is 1.88. The van der Waals surface area contributed by atoms with Crippen molar-refractivity contribution in [1.29, 1.82) is 0 Å². The summed E-state index contributed by atoms with van der Waals surface area (Å²) in [4.78, 5) is 6.90. The zero-order chi connectivity index (χ0) is 17.6. The van der Waals surface area contributed by atoms with Gasteiger partial charge in [0, 0.05) is 30.3 Å². The van der Waals surface area contributed by atoms with E-state index in [9.17, 15) is 8.42 Å². The van der Waals surface area contributed by atoms with E-state index in [0.717, 1.165) is 34.0 Å². The van der Waals surface area contributed by atoms with Crippen molar-refractivity contribution in [2.24, 2.45) is 0 Å². The number of sulfone groups is 1. The third kappa shape index (κ3) is 2.89. The molecule has 1 aromatic carbocycles. The maximum atomic E-state index is 11.8. The number of aromatic nitrogens is 3. The lowest BCUT2D eigenvalue weighted by molar-refractivity contribution is 0.585. The van der Waals surface area contributed by atoms with E-state index >= 15 is 0 Å². The summed E-state index contributed by atoms with van der Waals surface area (Å²) >= 11 is 0. The largest absolute Gasteiger partial charge is 0.354 e. The highest BCUT2D eigenvalue weighted by molar-refractivity contribution is 7.91. The Morgan fingerprint density at radius 1 is 1.04 bits per heavy atom. The molecule has 0 bridgehead atoms. The third-order valence-electron chi connectivity index (χ3n) is 4.78. The molecule has 0 aliphatic carbocycles. The fourth-order valence-electron chi connectivity index (χ4n) is 3.14. The summed E-state index contributed by atoms with van der Waals surface area (Å²) in [6.45, 7) is 4.95. The predicted molar refractivity (Wildman–Crippen MR) is 98.8 cm³/mol. The number of anilines is 1. The van der Waals surface area contributed by atoms with E-state index in [1.54, 1.807) is 0 Å². The van der Waals surface area contributed by atoms with Crippen LogP contribution in [0.15, 0.2) is 36.4 Å². The first-order chi connectivity index (χ1) is 11.9. The topological polar surface area (TPSA) is 67.6 Å². The van der Waals surface area contributed by atoms with Gasteiger partial charge in [-0.05, 0) is 13.8 Å². The van der Waals surface area contributed by atoms with Crippen LogP contribution in [-0.2, 0) is 9.84 Å². The molecule has 0 atom stereocenters. The number of benzene rings is 1. The van der Waals surface area contributed by atoms with Gasteiger partial charge in [-0.2, -0.15) is 9.61 Å². The average molecular weight is 356 g/mol. The first-order valence-corrected chi connectivity index (χ1v) is 10.1. The van der Waals surface area contributed by atoms with E-state index in [2.05, 4.69) is 10.00 Å². The van der Waals surface area contributed by atoms with E-state index in [4.69, 9.17) is 4.98 Å². The summed E-state index contributed by atoms with van der Waals surface area (Å²) < 4.78 is 25.4. The zero-order valence-corrected chi connectivity index (χ0v) is 15.1. The molecule has 1 saturated heterocycles. The van der Waals surface area contributed by atoms with Crippen LogP contribution in [0.25, 0.3) is 16.9 Å². The normalized spacial score (nSPS) is 17.1. The van der Waals surface area contributed by atoms with Crippen molar-refractivity contribution in [2.75, 3.05) is 29.5 Å². The molecule has 3 heterocycles. The Hall–Kier alpha value is -2.41. The molecule has 0 saturated carbocycles. The first-order valence-electron chi connectivity index (χ1n) is 8.32. The molecule has 2 aromatic heterocycles. The van der Waals surface area contributed by atoms with Gasteiger partial charge in [-0.3, -0.25) is 0 Å². The smallest absolute Gasteiger partial charge is 0.161 e.